The van der Waals surface area contributed by atoms with Crippen LogP contribution in [0.1, 0.15) is 32.1 Å². The molecule has 3 aliphatic rings. The molecule has 1 aromatic carbocycles. The van der Waals surface area contributed by atoms with Gasteiger partial charge >= 0.3 is 0 Å². The first-order valence-corrected chi connectivity index (χ1v) is 9.39. The summed E-state index contributed by atoms with van der Waals surface area (Å²) in [5.41, 5.74) is 1.19. The highest BCUT2D eigenvalue weighted by molar-refractivity contribution is 5.77. The number of rotatable bonds is 4. The summed E-state index contributed by atoms with van der Waals surface area (Å²) in [4.78, 5) is 17.1. The lowest BCUT2D eigenvalue weighted by Gasteiger charge is -2.37. The predicted molar refractivity (Wildman–Crippen MR) is 95.3 cm³/mol. The van der Waals surface area contributed by atoms with Crippen LogP contribution in [0.3, 0.4) is 0 Å². The fraction of sp³-hybridized carbons (Fsp3) is 0.650. The van der Waals surface area contributed by atoms with Crippen molar-refractivity contribution in [3.8, 4) is 5.75 Å². The summed E-state index contributed by atoms with van der Waals surface area (Å²) in [6.07, 6.45) is 6.27. The zero-order valence-corrected chi connectivity index (χ0v) is 14.6. The molecular weight excluding hydrogens is 300 g/mol. The highest BCUT2D eigenvalue weighted by atomic mass is 16.5. The van der Waals surface area contributed by atoms with Gasteiger partial charge in [-0.25, -0.2) is 0 Å². The summed E-state index contributed by atoms with van der Waals surface area (Å²) in [6, 6.07) is 8.20. The minimum Gasteiger partial charge on any atom is -0.497 e. The zero-order valence-electron chi connectivity index (χ0n) is 14.6. The van der Waals surface area contributed by atoms with Gasteiger partial charge in [0.15, 0.2) is 0 Å². The molecule has 3 fully saturated rings. The first-order valence-electron chi connectivity index (χ1n) is 9.39. The molecule has 0 N–H and O–H groups in total. The molecule has 0 aromatic heterocycles. The summed E-state index contributed by atoms with van der Waals surface area (Å²) >= 11 is 0. The number of nitrogens with zero attached hydrogens (tertiary/aromatic N) is 2. The summed E-state index contributed by atoms with van der Waals surface area (Å²) in [5, 5.41) is 0. The van der Waals surface area contributed by atoms with Crippen LogP contribution in [0.4, 0.5) is 5.69 Å². The van der Waals surface area contributed by atoms with Gasteiger partial charge < -0.3 is 14.5 Å². The number of hydrogen-bond acceptors (Lipinski definition) is 3. The fourth-order valence-corrected chi connectivity index (χ4v) is 5.00. The molecule has 1 aromatic rings. The molecule has 0 spiro atoms. The van der Waals surface area contributed by atoms with E-state index in [0.717, 1.165) is 50.2 Å². The largest absolute Gasteiger partial charge is 0.497 e. The Labute approximate surface area is 144 Å². The summed E-state index contributed by atoms with van der Waals surface area (Å²) < 4.78 is 5.31. The second kappa shape index (κ2) is 6.66. The maximum absolute atomic E-state index is 12.7. The quantitative estimate of drug-likeness (QED) is 0.851. The number of fused-ring (bicyclic) bond motifs is 2. The molecule has 2 aliphatic carbocycles. The number of hydrogen-bond donors (Lipinski definition) is 0. The molecule has 3 atom stereocenters. The van der Waals surface area contributed by atoms with Crippen LogP contribution in [-0.4, -0.2) is 44.1 Å². The van der Waals surface area contributed by atoms with E-state index in [1.54, 1.807) is 7.11 Å². The van der Waals surface area contributed by atoms with Crippen molar-refractivity contribution < 1.29 is 9.53 Å². The van der Waals surface area contributed by atoms with Gasteiger partial charge in [-0.3, -0.25) is 4.79 Å². The second-order valence-electron chi connectivity index (χ2n) is 7.71. The van der Waals surface area contributed by atoms with Crippen LogP contribution < -0.4 is 9.64 Å². The van der Waals surface area contributed by atoms with Crippen LogP contribution in [0, 0.1) is 17.8 Å². The lowest BCUT2D eigenvalue weighted by Crippen LogP contribution is -2.49. The van der Waals surface area contributed by atoms with Gasteiger partial charge in [0.05, 0.1) is 7.11 Å². The third-order valence-electron chi connectivity index (χ3n) is 6.37. The topological polar surface area (TPSA) is 32.8 Å². The average Bonchev–Trinajstić information content (AvgIpc) is 3.25. The maximum Gasteiger partial charge on any atom is 0.222 e. The van der Waals surface area contributed by atoms with E-state index in [1.807, 2.05) is 12.1 Å². The molecule has 1 heterocycles. The molecule has 130 valence electrons. The zero-order chi connectivity index (χ0) is 16.5. The van der Waals surface area contributed by atoms with Gasteiger partial charge in [-0.05, 0) is 49.1 Å². The molecule has 0 radical (unpaired) electrons. The summed E-state index contributed by atoms with van der Waals surface area (Å²) in [7, 11) is 1.70. The molecular formula is C20H28N2O2. The smallest absolute Gasteiger partial charge is 0.222 e. The standard InChI is InChI=1S/C20H28N2O2/c1-24-19-4-2-3-18(14-19)21-7-9-22(10-8-21)20(23)13-17-12-15-5-6-16(17)11-15/h2-4,14-17H,5-13H2,1H3/t15-,16+,17-/m1/s1. The van der Waals surface area contributed by atoms with Crippen LogP contribution in [0.2, 0.25) is 0 Å². The number of carbonyl (C=O) groups is 1. The van der Waals surface area contributed by atoms with Crippen molar-refractivity contribution in [1.82, 2.24) is 4.90 Å². The highest BCUT2D eigenvalue weighted by Crippen LogP contribution is 2.49. The molecule has 4 heteroatoms. The number of methoxy groups -OCH3 is 1. The number of amides is 1. The molecule has 4 nitrogen and oxygen atoms in total. The lowest BCUT2D eigenvalue weighted by molar-refractivity contribution is -0.132. The van der Waals surface area contributed by atoms with Crippen LogP contribution >= 0.6 is 0 Å². The van der Waals surface area contributed by atoms with Gasteiger partial charge in [0.1, 0.15) is 5.75 Å². The Balaban J connectivity index is 1.30. The van der Waals surface area contributed by atoms with Crippen LogP contribution in [0.15, 0.2) is 24.3 Å². The third kappa shape index (κ3) is 3.11. The minimum atomic E-state index is 0.387. The SMILES string of the molecule is COc1cccc(N2CCN(C(=O)C[C@H]3C[C@@H]4CC[C@H]3C4)CC2)c1. The number of carbonyl (C=O) groups excluding carboxylic acids is 1. The van der Waals surface area contributed by atoms with Gasteiger partial charge in [-0.1, -0.05) is 12.5 Å². The monoisotopic (exact) mass is 328 g/mol. The van der Waals surface area contributed by atoms with Gasteiger partial charge in [-0.2, -0.15) is 0 Å². The van der Waals surface area contributed by atoms with E-state index in [9.17, 15) is 4.79 Å². The van der Waals surface area contributed by atoms with Gasteiger partial charge in [-0.15, -0.1) is 0 Å². The molecule has 24 heavy (non-hydrogen) atoms. The van der Waals surface area contributed by atoms with Crippen LogP contribution in [0.5, 0.6) is 5.75 Å². The molecule has 2 bridgehead atoms. The first-order chi connectivity index (χ1) is 11.7. The average molecular weight is 328 g/mol. The first kappa shape index (κ1) is 15.8. The van der Waals surface area contributed by atoms with Gasteiger partial charge in [0, 0.05) is 44.4 Å². The van der Waals surface area contributed by atoms with E-state index < -0.39 is 0 Å². The van der Waals surface area contributed by atoms with Gasteiger partial charge in [0.2, 0.25) is 5.91 Å². The predicted octanol–water partition coefficient (Wildman–Crippen LogP) is 3.17. The van der Waals surface area contributed by atoms with Crippen molar-refractivity contribution in [1.29, 1.82) is 0 Å². The Bertz CT molecular complexity index is 595. The maximum atomic E-state index is 12.7. The van der Waals surface area contributed by atoms with Crippen molar-refractivity contribution >= 4 is 11.6 Å². The summed E-state index contributed by atoms with van der Waals surface area (Å²) in [6.45, 7) is 3.51. The Hall–Kier alpha value is -1.71. The Morgan fingerprint density at radius 2 is 2.00 bits per heavy atom. The Morgan fingerprint density at radius 3 is 2.67 bits per heavy atom. The van der Waals surface area contributed by atoms with E-state index in [-0.39, 0.29) is 0 Å². The van der Waals surface area contributed by atoms with Crippen LogP contribution in [0.25, 0.3) is 0 Å². The Morgan fingerprint density at radius 1 is 1.17 bits per heavy atom. The number of ether oxygens (including phenoxy) is 1. The Kier molecular flexibility index (Phi) is 4.38. The highest BCUT2D eigenvalue weighted by Gasteiger charge is 2.40. The molecule has 1 amide bonds. The molecule has 4 rings (SSSR count). The number of piperazine rings is 1. The third-order valence-corrected chi connectivity index (χ3v) is 6.37. The van der Waals surface area contributed by atoms with Crippen molar-refractivity contribution in [2.45, 2.75) is 32.1 Å². The van der Waals surface area contributed by atoms with Crippen molar-refractivity contribution in [3.63, 3.8) is 0 Å². The molecule has 1 aliphatic heterocycles. The number of benzene rings is 1. The van der Waals surface area contributed by atoms with Crippen LogP contribution in [-0.2, 0) is 4.79 Å². The van der Waals surface area contributed by atoms with Crippen molar-refractivity contribution in [2.24, 2.45) is 17.8 Å². The van der Waals surface area contributed by atoms with E-state index in [0.29, 0.717) is 11.8 Å². The van der Waals surface area contributed by atoms with E-state index in [2.05, 4.69) is 21.9 Å². The minimum absolute atomic E-state index is 0.387. The summed E-state index contributed by atoms with van der Waals surface area (Å²) in [5.74, 6) is 3.72. The van der Waals surface area contributed by atoms with Gasteiger partial charge in [0.25, 0.3) is 0 Å². The normalized spacial score (nSPS) is 29.1. The molecule has 1 saturated heterocycles. The van der Waals surface area contributed by atoms with E-state index in [1.165, 1.54) is 31.4 Å². The van der Waals surface area contributed by atoms with Crippen molar-refractivity contribution in [2.75, 3.05) is 38.2 Å². The fourth-order valence-electron chi connectivity index (χ4n) is 5.00. The lowest BCUT2D eigenvalue weighted by atomic mass is 9.86. The van der Waals surface area contributed by atoms with E-state index >= 15 is 0 Å². The number of anilines is 1. The van der Waals surface area contributed by atoms with E-state index in [4.69, 9.17) is 4.74 Å². The molecule has 0 unspecified atom stereocenters. The van der Waals surface area contributed by atoms with Crippen molar-refractivity contribution in [3.05, 3.63) is 24.3 Å². The second-order valence-corrected chi connectivity index (χ2v) is 7.71. The molecule has 2 saturated carbocycles.